The van der Waals surface area contributed by atoms with E-state index in [2.05, 4.69) is 47.4 Å². The highest BCUT2D eigenvalue weighted by Crippen LogP contribution is 2.21. The molecule has 0 aromatic carbocycles. The Labute approximate surface area is 126 Å². The molecule has 0 bridgehead atoms. The largest absolute Gasteiger partial charge is 0.369 e. The first-order valence-corrected chi connectivity index (χ1v) is 7.87. The van der Waals surface area contributed by atoms with E-state index in [-0.39, 0.29) is 0 Å². The molecule has 118 valence electrons. The van der Waals surface area contributed by atoms with Crippen molar-refractivity contribution in [3.63, 3.8) is 0 Å². The number of nitrogen functional groups attached to an aromatic ring is 1. The Morgan fingerprint density at radius 1 is 1.33 bits per heavy atom. The zero-order valence-corrected chi connectivity index (χ0v) is 13.9. The van der Waals surface area contributed by atoms with E-state index in [1.807, 2.05) is 11.7 Å². The molecule has 6 nitrogen and oxygen atoms in total. The van der Waals surface area contributed by atoms with Crippen LogP contribution in [0.3, 0.4) is 0 Å². The number of nitrogens with two attached hydrogens (primary N) is 1. The normalized spacial score (nSPS) is 13.4. The van der Waals surface area contributed by atoms with Crippen molar-refractivity contribution >= 4 is 17.1 Å². The Hall–Kier alpha value is -1.56. The summed E-state index contributed by atoms with van der Waals surface area (Å²) in [5.41, 5.74) is 9.17. The molecule has 2 aromatic heterocycles. The second-order valence-corrected chi connectivity index (χ2v) is 5.85. The third-order valence-electron chi connectivity index (χ3n) is 4.33. The Morgan fingerprint density at radius 2 is 2.05 bits per heavy atom. The van der Waals surface area contributed by atoms with Gasteiger partial charge in [0, 0.05) is 26.2 Å². The number of aromatic nitrogens is 4. The van der Waals surface area contributed by atoms with Crippen LogP contribution in [0, 0.1) is 0 Å². The monoisotopic (exact) mass is 292 g/mol. The van der Waals surface area contributed by atoms with Gasteiger partial charge in [0.15, 0.2) is 5.65 Å². The summed E-state index contributed by atoms with van der Waals surface area (Å²) in [7, 11) is 4.13. The van der Waals surface area contributed by atoms with Crippen molar-refractivity contribution in [1.29, 1.82) is 0 Å². The average Bonchev–Trinajstić information content (AvgIpc) is 2.93. The fourth-order valence-electron chi connectivity index (χ4n) is 2.67. The molecule has 6 heteroatoms. The van der Waals surface area contributed by atoms with E-state index in [1.165, 1.54) is 0 Å². The quantitative estimate of drug-likeness (QED) is 0.848. The molecule has 0 saturated carbocycles. The number of hydrogen-bond donors (Lipinski definition) is 1. The van der Waals surface area contributed by atoms with Crippen LogP contribution in [0.1, 0.15) is 39.3 Å². The SMILES string of the molecule is CCCc1nn(C)c2c1nc(N)n2CCN(C)C(C)CC. The molecule has 0 fully saturated rings. The molecule has 0 aliphatic rings. The Balaban J connectivity index is 2.25. The van der Waals surface area contributed by atoms with Gasteiger partial charge in [0.1, 0.15) is 5.52 Å². The van der Waals surface area contributed by atoms with Crippen LogP contribution in [-0.2, 0) is 20.0 Å². The number of nitrogens with zero attached hydrogens (tertiary/aromatic N) is 5. The Morgan fingerprint density at radius 3 is 2.67 bits per heavy atom. The lowest BCUT2D eigenvalue weighted by Gasteiger charge is -2.23. The van der Waals surface area contributed by atoms with Gasteiger partial charge in [-0.15, -0.1) is 0 Å². The second-order valence-electron chi connectivity index (χ2n) is 5.85. The van der Waals surface area contributed by atoms with Crippen molar-refractivity contribution in [2.24, 2.45) is 7.05 Å². The minimum Gasteiger partial charge on any atom is -0.369 e. The summed E-state index contributed by atoms with van der Waals surface area (Å²) in [6.45, 7) is 8.41. The summed E-state index contributed by atoms with van der Waals surface area (Å²) in [6, 6.07) is 0.576. The number of fused-ring (bicyclic) bond motifs is 1. The van der Waals surface area contributed by atoms with E-state index >= 15 is 0 Å². The molecule has 1 atom stereocenters. The summed E-state index contributed by atoms with van der Waals surface area (Å²) in [5.74, 6) is 0.591. The maximum absolute atomic E-state index is 6.12. The van der Waals surface area contributed by atoms with Gasteiger partial charge in [-0.2, -0.15) is 5.10 Å². The van der Waals surface area contributed by atoms with E-state index in [0.717, 1.165) is 49.2 Å². The highest BCUT2D eigenvalue weighted by molar-refractivity contribution is 5.77. The van der Waals surface area contributed by atoms with Crippen molar-refractivity contribution in [2.45, 2.75) is 52.6 Å². The fraction of sp³-hybridized carbons (Fsp3) is 0.733. The van der Waals surface area contributed by atoms with E-state index < -0.39 is 0 Å². The summed E-state index contributed by atoms with van der Waals surface area (Å²) in [5, 5.41) is 4.58. The summed E-state index contributed by atoms with van der Waals surface area (Å²) < 4.78 is 3.99. The average molecular weight is 292 g/mol. The molecule has 0 aliphatic heterocycles. The van der Waals surface area contributed by atoms with Gasteiger partial charge in [-0.05, 0) is 26.8 Å². The Bertz CT molecular complexity index is 597. The molecule has 0 saturated heterocycles. The highest BCUT2D eigenvalue weighted by Gasteiger charge is 2.18. The number of hydrogen-bond acceptors (Lipinski definition) is 4. The lowest BCUT2D eigenvalue weighted by molar-refractivity contribution is 0.243. The minimum atomic E-state index is 0.576. The number of anilines is 1. The van der Waals surface area contributed by atoms with Crippen LogP contribution >= 0.6 is 0 Å². The first-order chi connectivity index (χ1) is 9.99. The third-order valence-corrected chi connectivity index (χ3v) is 4.33. The molecule has 2 aromatic rings. The maximum atomic E-state index is 6.12. The maximum Gasteiger partial charge on any atom is 0.202 e. The van der Waals surface area contributed by atoms with Crippen LogP contribution in [-0.4, -0.2) is 43.9 Å². The van der Waals surface area contributed by atoms with Gasteiger partial charge in [-0.3, -0.25) is 9.25 Å². The van der Waals surface area contributed by atoms with E-state index in [9.17, 15) is 0 Å². The third kappa shape index (κ3) is 3.05. The standard InChI is InChI=1S/C15H28N6/c1-6-8-12-13-14(20(5)18-12)21(15(16)17-13)10-9-19(4)11(3)7-2/h11H,6-10H2,1-5H3,(H2,16,17). The van der Waals surface area contributed by atoms with Gasteiger partial charge in [0.2, 0.25) is 5.95 Å². The van der Waals surface area contributed by atoms with Crippen molar-refractivity contribution in [2.75, 3.05) is 19.3 Å². The summed E-state index contributed by atoms with van der Waals surface area (Å²) in [4.78, 5) is 6.89. The van der Waals surface area contributed by atoms with E-state index in [4.69, 9.17) is 5.73 Å². The van der Waals surface area contributed by atoms with Crippen molar-refractivity contribution in [1.82, 2.24) is 24.2 Å². The lowest BCUT2D eigenvalue weighted by atomic mass is 10.2. The first kappa shape index (κ1) is 15.8. The predicted octanol–water partition coefficient (Wildman–Crippen LogP) is 2.03. The minimum absolute atomic E-state index is 0.576. The predicted molar refractivity (Wildman–Crippen MR) is 87.3 cm³/mol. The smallest absolute Gasteiger partial charge is 0.202 e. The topological polar surface area (TPSA) is 64.9 Å². The molecule has 2 rings (SSSR count). The Kier molecular flexibility index (Phi) is 4.88. The van der Waals surface area contributed by atoms with Crippen LogP contribution in [0.5, 0.6) is 0 Å². The molecule has 0 aliphatic carbocycles. The lowest BCUT2D eigenvalue weighted by Crippen LogP contribution is -2.31. The van der Waals surface area contributed by atoms with Crippen molar-refractivity contribution in [3.05, 3.63) is 5.69 Å². The van der Waals surface area contributed by atoms with Gasteiger partial charge in [0.05, 0.1) is 5.69 Å². The molecule has 21 heavy (non-hydrogen) atoms. The van der Waals surface area contributed by atoms with Crippen LogP contribution in [0.4, 0.5) is 5.95 Å². The second kappa shape index (κ2) is 6.47. The van der Waals surface area contributed by atoms with Gasteiger partial charge < -0.3 is 10.6 Å². The number of rotatable bonds is 7. The summed E-state index contributed by atoms with van der Waals surface area (Å²) in [6.07, 6.45) is 3.16. The van der Waals surface area contributed by atoms with Gasteiger partial charge in [0.25, 0.3) is 0 Å². The van der Waals surface area contributed by atoms with Gasteiger partial charge in [-0.25, -0.2) is 4.98 Å². The highest BCUT2D eigenvalue weighted by atomic mass is 15.4. The number of aryl methyl sites for hydroxylation is 2. The van der Waals surface area contributed by atoms with Gasteiger partial charge >= 0.3 is 0 Å². The van der Waals surface area contributed by atoms with Crippen LogP contribution in [0.2, 0.25) is 0 Å². The van der Waals surface area contributed by atoms with Crippen LogP contribution < -0.4 is 5.73 Å². The van der Waals surface area contributed by atoms with Crippen molar-refractivity contribution < 1.29 is 0 Å². The van der Waals surface area contributed by atoms with Crippen molar-refractivity contribution in [3.8, 4) is 0 Å². The molecule has 2 heterocycles. The van der Waals surface area contributed by atoms with Crippen LogP contribution in [0.25, 0.3) is 11.2 Å². The van der Waals surface area contributed by atoms with E-state index in [1.54, 1.807) is 0 Å². The van der Waals surface area contributed by atoms with Gasteiger partial charge in [-0.1, -0.05) is 20.3 Å². The molecule has 2 N–H and O–H groups in total. The molecule has 0 amide bonds. The molecular formula is C15H28N6. The van der Waals surface area contributed by atoms with Crippen LogP contribution in [0.15, 0.2) is 0 Å². The fourth-order valence-corrected chi connectivity index (χ4v) is 2.67. The number of likely N-dealkylation sites (N-methyl/N-ethyl adjacent to an activating group) is 1. The molecule has 1 unspecified atom stereocenters. The first-order valence-electron chi connectivity index (χ1n) is 7.87. The molecular weight excluding hydrogens is 264 g/mol. The molecule has 0 radical (unpaired) electrons. The number of imidazole rings is 1. The molecule has 0 spiro atoms. The van der Waals surface area contributed by atoms with E-state index in [0.29, 0.717) is 12.0 Å². The zero-order valence-electron chi connectivity index (χ0n) is 13.9. The summed E-state index contributed by atoms with van der Waals surface area (Å²) >= 11 is 0. The zero-order chi connectivity index (χ0) is 15.6.